The molecule has 0 aromatic carbocycles. The fraction of sp³-hybridized carbons (Fsp3) is 0.429. The number of nitrogens with two attached hydrogens (primary N) is 1. The molecule has 1 heterocycles. The van der Waals surface area contributed by atoms with Crippen molar-refractivity contribution in [3.8, 4) is 0 Å². The van der Waals surface area contributed by atoms with Crippen LogP contribution in [0.4, 0.5) is 0 Å². The topological polar surface area (TPSA) is 90.0 Å². The lowest BCUT2D eigenvalue weighted by molar-refractivity contribution is 0.564. The van der Waals surface area contributed by atoms with Gasteiger partial charge in [-0.1, -0.05) is 23.8 Å². The molecule has 9 heteroatoms. The van der Waals surface area contributed by atoms with Gasteiger partial charge in [0, 0.05) is 20.0 Å². The molecule has 6 nitrogen and oxygen atoms in total. The summed E-state index contributed by atoms with van der Waals surface area (Å²) in [5.41, 5.74) is 5.25. The molecular formula is C7H11ClN4O2S2. The normalized spacial score (nSPS) is 11.6. The highest BCUT2D eigenvalue weighted by Crippen LogP contribution is 2.19. The Labute approximate surface area is 104 Å². The standard InChI is InChI=1S/C7H11ClN4O2S2/c1-12-7(5(8)4-10-12)16(13,14)11-3-2-6(9)15/h4,11H,2-3H2,1H3,(H2,9,15). The molecule has 1 rings (SSSR count). The van der Waals surface area contributed by atoms with Crippen molar-refractivity contribution in [3.63, 3.8) is 0 Å². The van der Waals surface area contributed by atoms with Gasteiger partial charge in [-0.2, -0.15) is 5.10 Å². The average molecular weight is 283 g/mol. The van der Waals surface area contributed by atoms with Gasteiger partial charge in [0.15, 0.2) is 5.03 Å². The van der Waals surface area contributed by atoms with E-state index in [1.807, 2.05) is 0 Å². The van der Waals surface area contributed by atoms with Crippen molar-refractivity contribution in [1.82, 2.24) is 14.5 Å². The average Bonchev–Trinajstić information content (AvgIpc) is 2.45. The lowest BCUT2D eigenvalue weighted by Crippen LogP contribution is -2.29. The first kappa shape index (κ1) is 13.4. The van der Waals surface area contributed by atoms with E-state index in [1.165, 1.54) is 17.9 Å². The van der Waals surface area contributed by atoms with E-state index in [0.717, 1.165) is 0 Å². The van der Waals surface area contributed by atoms with Crippen LogP contribution < -0.4 is 10.5 Å². The van der Waals surface area contributed by atoms with Crippen LogP contribution in [-0.4, -0.2) is 29.7 Å². The van der Waals surface area contributed by atoms with Crippen molar-refractivity contribution in [2.75, 3.05) is 6.54 Å². The van der Waals surface area contributed by atoms with Crippen molar-refractivity contribution < 1.29 is 8.42 Å². The summed E-state index contributed by atoms with van der Waals surface area (Å²) in [7, 11) is -2.18. The Kier molecular flexibility index (Phi) is 4.25. The SMILES string of the molecule is Cn1ncc(Cl)c1S(=O)(=O)NCCC(N)=S. The highest BCUT2D eigenvalue weighted by atomic mass is 35.5. The zero-order valence-electron chi connectivity index (χ0n) is 8.47. The van der Waals surface area contributed by atoms with Crippen LogP contribution >= 0.6 is 23.8 Å². The fourth-order valence-electron chi connectivity index (χ4n) is 1.08. The predicted octanol–water partition coefficient (Wildman–Crippen LogP) is 0.0280. The van der Waals surface area contributed by atoms with Gasteiger partial charge in [-0.3, -0.25) is 4.68 Å². The van der Waals surface area contributed by atoms with Gasteiger partial charge in [0.2, 0.25) is 0 Å². The van der Waals surface area contributed by atoms with Gasteiger partial charge >= 0.3 is 0 Å². The Hall–Kier alpha value is -0.700. The van der Waals surface area contributed by atoms with Crippen LogP contribution in [0.1, 0.15) is 6.42 Å². The van der Waals surface area contributed by atoms with E-state index in [1.54, 1.807) is 0 Å². The molecule has 0 saturated heterocycles. The quantitative estimate of drug-likeness (QED) is 0.744. The van der Waals surface area contributed by atoms with E-state index in [-0.39, 0.29) is 21.6 Å². The molecule has 0 fully saturated rings. The monoisotopic (exact) mass is 282 g/mol. The molecule has 0 spiro atoms. The molecule has 0 aliphatic carbocycles. The molecule has 1 aromatic rings. The second-order valence-electron chi connectivity index (χ2n) is 3.04. The zero-order valence-corrected chi connectivity index (χ0v) is 10.9. The smallest absolute Gasteiger partial charge is 0.259 e. The predicted molar refractivity (Wildman–Crippen MR) is 64.8 cm³/mol. The van der Waals surface area contributed by atoms with Gasteiger partial charge in [0.05, 0.1) is 16.2 Å². The lowest BCUT2D eigenvalue weighted by atomic mass is 10.4. The van der Waals surface area contributed by atoms with Crippen LogP contribution in [0.15, 0.2) is 11.2 Å². The van der Waals surface area contributed by atoms with Crippen LogP contribution in [0.25, 0.3) is 0 Å². The number of aryl methyl sites for hydroxylation is 1. The van der Waals surface area contributed by atoms with Gasteiger partial charge < -0.3 is 5.73 Å². The first-order valence-corrected chi connectivity index (χ1v) is 6.57. The number of hydrogen-bond acceptors (Lipinski definition) is 4. The van der Waals surface area contributed by atoms with E-state index >= 15 is 0 Å². The van der Waals surface area contributed by atoms with Crippen LogP contribution in [0.5, 0.6) is 0 Å². The fourth-order valence-corrected chi connectivity index (χ4v) is 2.86. The number of aromatic nitrogens is 2. The van der Waals surface area contributed by atoms with Crippen molar-refractivity contribution >= 4 is 38.8 Å². The van der Waals surface area contributed by atoms with Crippen LogP contribution in [0.3, 0.4) is 0 Å². The minimum absolute atomic E-state index is 0.0721. The Balaban J connectivity index is 2.83. The molecule has 0 atom stereocenters. The van der Waals surface area contributed by atoms with Crippen molar-refractivity contribution in [1.29, 1.82) is 0 Å². The summed E-state index contributed by atoms with van der Waals surface area (Å²) in [5, 5.41) is 3.74. The van der Waals surface area contributed by atoms with Crippen molar-refractivity contribution in [2.45, 2.75) is 11.4 Å². The number of thiocarbonyl (C=S) groups is 1. The summed E-state index contributed by atoms with van der Waals surface area (Å²) in [6.45, 7) is 0.138. The molecule has 90 valence electrons. The first-order chi connectivity index (χ1) is 7.34. The van der Waals surface area contributed by atoms with Gasteiger partial charge in [-0.25, -0.2) is 13.1 Å². The van der Waals surface area contributed by atoms with E-state index in [4.69, 9.17) is 17.3 Å². The maximum absolute atomic E-state index is 11.8. The zero-order chi connectivity index (χ0) is 12.3. The number of rotatable bonds is 5. The lowest BCUT2D eigenvalue weighted by Gasteiger charge is -2.06. The number of nitrogens with zero attached hydrogens (tertiary/aromatic N) is 2. The van der Waals surface area contributed by atoms with Crippen LogP contribution in [0, 0.1) is 0 Å². The molecule has 0 bridgehead atoms. The molecule has 0 aliphatic rings. The third kappa shape index (κ3) is 3.14. The van der Waals surface area contributed by atoms with Gasteiger partial charge in [0.25, 0.3) is 10.0 Å². The molecular weight excluding hydrogens is 272 g/mol. The molecule has 0 saturated carbocycles. The number of hydrogen-bond donors (Lipinski definition) is 2. The molecule has 0 radical (unpaired) electrons. The minimum Gasteiger partial charge on any atom is -0.393 e. The minimum atomic E-state index is -3.67. The largest absolute Gasteiger partial charge is 0.393 e. The molecule has 0 unspecified atom stereocenters. The number of halogens is 1. The van der Waals surface area contributed by atoms with Gasteiger partial charge in [-0.05, 0) is 0 Å². The summed E-state index contributed by atoms with van der Waals surface area (Å²) in [6, 6.07) is 0. The second-order valence-corrected chi connectivity index (χ2v) is 5.65. The van der Waals surface area contributed by atoms with E-state index in [2.05, 4.69) is 22.0 Å². The van der Waals surface area contributed by atoms with Crippen LogP contribution in [-0.2, 0) is 17.1 Å². The second kappa shape index (κ2) is 5.09. The summed E-state index contributed by atoms with van der Waals surface area (Å²) in [6.07, 6.45) is 1.56. The Morgan fingerprint density at radius 3 is 2.81 bits per heavy atom. The highest BCUT2D eigenvalue weighted by molar-refractivity contribution is 7.89. The molecule has 3 N–H and O–H groups in total. The first-order valence-electron chi connectivity index (χ1n) is 4.30. The molecule has 0 aliphatic heterocycles. The van der Waals surface area contributed by atoms with Gasteiger partial charge in [0.1, 0.15) is 0 Å². The Morgan fingerprint density at radius 2 is 2.38 bits per heavy atom. The van der Waals surface area contributed by atoms with Crippen LogP contribution in [0.2, 0.25) is 5.02 Å². The van der Waals surface area contributed by atoms with E-state index in [9.17, 15) is 8.42 Å². The maximum atomic E-state index is 11.8. The van der Waals surface area contributed by atoms with Crippen molar-refractivity contribution in [2.24, 2.45) is 12.8 Å². The molecule has 0 amide bonds. The maximum Gasteiger partial charge on any atom is 0.259 e. The van der Waals surface area contributed by atoms with E-state index < -0.39 is 10.0 Å². The van der Waals surface area contributed by atoms with E-state index in [0.29, 0.717) is 6.42 Å². The third-order valence-electron chi connectivity index (χ3n) is 1.76. The highest BCUT2D eigenvalue weighted by Gasteiger charge is 2.21. The summed E-state index contributed by atoms with van der Waals surface area (Å²) >= 11 is 10.4. The third-order valence-corrected chi connectivity index (χ3v) is 3.93. The number of nitrogens with one attached hydrogen (secondary N) is 1. The summed E-state index contributed by atoms with van der Waals surface area (Å²) < 4.78 is 27.1. The number of sulfonamides is 1. The molecule has 16 heavy (non-hydrogen) atoms. The summed E-state index contributed by atoms with van der Waals surface area (Å²) in [5.74, 6) is 0. The summed E-state index contributed by atoms with van der Waals surface area (Å²) in [4.78, 5) is 0.249. The Bertz CT molecular complexity index is 477. The van der Waals surface area contributed by atoms with Gasteiger partial charge in [-0.15, -0.1) is 0 Å². The van der Waals surface area contributed by atoms with Crippen molar-refractivity contribution in [3.05, 3.63) is 11.2 Å². The Morgan fingerprint density at radius 1 is 1.75 bits per heavy atom. The molecule has 1 aromatic heterocycles.